The monoisotopic (exact) mass is 388 g/mol. The minimum absolute atomic E-state index is 0.0214. The van der Waals surface area contributed by atoms with E-state index in [4.69, 9.17) is 21.7 Å². The molecule has 0 saturated heterocycles. The number of carbonyl (C=O) groups excluding carboxylic acids is 2. The summed E-state index contributed by atoms with van der Waals surface area (Å²) in [5.74, 6) is -0.797. The molecule has 0 aliphatic rings. The SMILES string of the molecule is COC(=O)C(C)CC(=O)Nc1ccc(OC)cc1C(=N)c1ccc(Cl)cc1. The van der Waals surface area contributed by atoms with E-state index in [0.29, 0.717) is 27.6 Å². The van der Waals surface area contributed by atoms with Gasteiger partial charge in [-0.25, -0.2) is 0 Å². The van der Waals surface area contributed by atoms with Crippen LogP contribution in [0.25, 0.3) is 0 Å². The molecule has 0 aliphatic heterocycles. The van der Waals surface area contributed by atoms with Crippen LogP contribution < -0.4 is 10.1 Å². The molecule has 142 valence electrons. The first-order chi connectivity index (χ1) is 12.8. The topological polar surface area (TPSA) is 88.5 Å². The first-order valence-corrected chi connectivity index (χ1v) is 8.64. The second-order valence-corrected chi connectivity index (χ2v) is 6.41. The Kier molecular flexibility index (Phi) is 6.96. The molecule has 0 bridgehead atoms. The Hall–Kier alpha value is -2.86. The smallest absolute Gasteiger partial charge is 0.308 e. The standard InChI is InChI=1S/C20H21ClN2O4/c1-12(20(25)27-3)10-18(24)23-17-9-8-15(26-2)11-16(17)19(22)13-4-6-14(21)7-5-13/h4-9,11-12,22H,10H2,1-3H3,(H,23,24). The molecule has 1 atom stereocenters. The number of benzene rings is 2. The lowest BCUT2D eigenvalue weighted by molar-refractivity contribution is -0.146. The van der Waals surface area contributed by atoms with E-state index in [2.05, 4.69) is 10.1 Å². The molecular weight excluding hydrogens is 368 g/mol. The number of amides is 1. The predicted molar refractivity (Wildman–Crippen MR) is 105 cm³/mol. The van der Waals surface area contributed by atoms with Gasteiger partial charge in [-0.3, -0.25) is 15.0 Å². The summed E-state index contributed by atoms with van der Waals surface area (Å²) >= 11 is 5.91. The van der Waals surface area contributed by atoms with Gasteiger partial charge in [-0.15, -0.1) is 0 Å². The quantitative estimate of drug-likeness (QED) is 0.556. The van der Waals surface area contributed by atoms with Gasteiger partial charge in [-0.05, 0) is 30.3 Å². The number of halogens is 1. The van der Waals surface area contributed by atoms with Crippen molar-refractivity contribution in [2.24, 2.45) is 5.92 Å². The Labute approximate surface area is 162 Å². The molecule has 2 N–H and O–H groups in total. The Morgan fingerprint density at radius 2 is 1.81 bits per heavy atom. The molecule has 2 aromatic carbocycles. The number of nitrogens with one attached hydrogen (secondary N) is 2. The number of rotatable bonds is 7. The molecule has 2 aromatic rings. The third kappa shape index (κ3) is 5.31. The van der Waals surface area contributed by atoms with Gasteiger partial charge >= 0.3 is 5.97 Å². The number of ether oxygens (including phenoxy) is 2. The molecule has 2 rings (SSSR count). The highest BCUT2D eigenvalue weighted by molar-refractivity contribution is 6.30. The molecule has 0 heterocycles. The van der Waals surface area contributed by atoms with Crippen molar-refractivity contribution in [1.82, 2.24) is 0 Å². The van der Waals surface area contributed by atoms with Gasteiger partial charge in [0, 0.05) is 22.6 Å². The van der Waals surface area contributed by atoms with Crippen molar-refractivity contribution in [3.63, 3.8) is 0 Å². The van der Waals surface area contributed by atoms with Crippen LogP contribution in [0.15, 0.2) is 42.5 Å². The number of hydrogen-bond donors (Lipinski definition) is 2. The fourth-order valence-corrected chi connectivity index (χ4v) is 2.63. The normalized spacial score (nSPS) is 11.4. The Bertz CT molecular complexity index is 850. The fraction of sp³-hybridized carbons (Fsp3) is 0.250. The summed E-state index contributed by atoms with van der Waals surface area (Å²) in [6, 6.07) is 11.9. The molecule has 27 heavy (non-hydrogen) atoms. The van der Waals surface area contributed by atoms with Gasteiger partial charge in [0.1, 0.15) is 5.75 Å². The molecule has 0 aliphatic carbocycles. The highest BCUT2D eigenvalue weighted by Crippen LogP contribution is 2.26. The molecular formula is C20H21ClN2O4. The summed E-state index contributed by atoms with van der Waals surface area (Å²) in [4.78, 5) is 23.8. The minimum atomic E-state index is -0.563. The molecule has 6 nitrogen and oxygen atoms in total. The van der Waals surface area contributed by atoms with E-state index in [1.54, 1.807) is 49.4 Å². The summed E-state index contributed by atoms with van der Waals surface area (Å²) < 4.78 is 9.88. The summed E-state index contributed by atoms with van der Waals surface area (Å²) in [6.45, 7) is 1.62. The number of esters is 1. The Morgan fingerprint density at radius 1 is 1.15 bits per heavy atom. The Morgan fingerprint density at radius 3 is 2.41 bits per heavy atom. The molecule has 0 fully saturated rings. The van der Waals surface area contributed by atoms with E-state index in [-0.39, 0.29) is 18.0 Å². The first kappa shape index (κ1) is 20.5. The summed E-state index contributed by atoms with van der Waals surface area (Å²) in [5, 5.41) is 11.9. The molecule has 1 unspecified atom stereocenters. The van der Waals surface area contributed by atoms with Crippen molar-refractivity contribution in [3.8, 4) is 5.75 Å². The minimum Gasteiger partial charge on any atom is -0.497 e. The van der Waals surface area contributed by atoms with Gasteiger partial charge in [0.25, 0.3) is 0 Å². The van der Waals surface area contributed by atoms with Gasteiger partial charge in [0.05, 0.1) is 31.5 Å². The van der Waals surface area contributed by atoms with Gasteiger partial charge in [-0.2, -0.15) is 0 Å². The van der Waals surface area contributed by atoms with Crippen molar-refractivity contribution in [2.75, 3.05) is 19.5 Å². The maximum absolute atomic E-state index is 12.3. The lowest BCUT2D eigenvalue weighted by Crippen LogP contribution is -2.22. The third-order valence-electron chi connectivity index (χ3n) is 4.00. The van der Waals surface area contributed by atoms with Crippen LogP contribution in [0.1, 0.15) is 24.5 Å². The van der Waals surface area contributed by atoms with E-state index < -0.39 is 11.9 Å². The predicted octanol–water partition coefficient (Wildman–Crippen LogP) is 3.90. The molecule has 0 aromatic heterocycles. The number of carbonyl (C=O) groups is 2. The zero-order valence-electron chi connectivity index (χ0n) is 15.3. The van der Waals surface area contributed by atoms with Gasteiger partial charge in [0.2, 0.25) is 5.91 Å². The average Bonchev–Trinajstić information content (AvgIpc) is 2.67. The number of methoxy groups -OCH3 is 2. The highest BCUT2D eigenvalue weighted by atomic mass is 35.5. The summed E-state index contributed by atoms with van der Waals surface area (Å²) in [6.07, 6.45) is -0.0214. The second kappa shape index (κ2) is 9.19. The number of anilines is 1. The largest absolute Gasteiger partial charge is 0.497 e. The van der Waals surface area contributed by atoms with E-state index in [1.165, 1.54) is 14.2 Å². The van der Waals surface area contributed by atoms with Crippen molar-refractivity contribution < 1.29 is 19.1 Å². The maximum Gasteiger partial charge on any atom is 0.308 e. The fourth-order valence-electron chi connectivity index (χ4n) is 2.50. The van der Waals surface area contributed by atoms with Crippen LogP contribution in [0.2, 0.25) is 5.02 Å². The Balaban J connectivity index is 2.28. The zero-order valence-corrected chi connectivity index (χ0v) is 16.1. The van der Waals surface area contributed by atoms with Crippen LogP contribution in [-0.4, -0.2) is 31.8 Å². The van der Waals surface area contributed by atoms with Crippen molar-refractivity contribution in [3.05, 3.63) is 58.6 Å². The van der Waals surface area contributed by atoms with Crippen LogP contribution in [0, 0.1) is 11.3 Å². The van der Waals surface area contributed by atoms with Crippen LogP contribution in [-0.2, 0) is 14.3 Å². The van der Waals surface area contributed by atoms with E-state index in [0.717, 1.165) is 0 Å². The maximum atomic E-state index is 12.3. The van der Waals surface area contributed by atoms with Crippen molar-refractivity contribution >= 4 is 34.9 Å². The average molecular weight is 389 g/mol. The zero-order chi connectivity index (χ0) is 20.0. The molecule has 0 spiro atoms. The third-order valence-corrected chi connectivity index (χ3v) is 4.25. The van der Waals surface area contributed by atoms with Crippen LogP contribution >= 0.6 is 11.6 Å². The molecule has 7 heteroatoms. The summed E-state index contributed by atoms with van der Waals surface area (Å²) in [5.41, 5.74) is 1.81. The van der Waals surface area contributed by atoms with Crippen molar-refractivity contribution in [1.29, 1.82) is 5.41 Å². The lowest BCUT2D eigenvalue weighted by atomic mass is 10.00. The molecule has 0 radical (unpaired) electrons. The van der Waals surface area contributed by atoms with Gasteiger partial charge < -0.3 is 14.8 Å². The molecule has 1 amide bonds. The van der Waals surface area contributed by atoms with Crippen LogP contribution in [0.4, 0.5) is 5.69 Å². The highest BCUT2D eigenvalue weighted by Gasteiger charge is 2.19. The van der Waals surface area contributed by atoms with E-state index in [1.807, 2.05) is 0 Å². The lowest BCUT2D eigenvalue weighted by Gasteiger charge is -2.15. The molecule has 0 saturated carbocycles. The summed E-state index contributed by atoms with van der Waals surface area (Å²) in [7, 11) is 2.81. The van der Waals surface area contributed by atoms with Gasteiger partial charge in [-0.1, -0.05) is 30.7 Å². The second-order valence-electron chi connectivity index (χ2n) is 5.97. The van der Waals surface area contributed by atoms with Gasteiger partial charge in [0.15, 0.2) is 0 Å². The first-order valence-electron chi connectivity index (χ1n) is 8.26. The van der Waals surface area contributed by atoms with Crippen LogP contribution in [0.5, 0.6) is 5.75 Å². The van der Waals surface area contributed by atoms with E-state index in [9.17, 15) is 9.59 Å². The number of hydrogen-bond acceptors (Lipinski definition) is 5. The van der Waals surface area contributed by atoms with Crippen LogP contribution in [0.3, 0.4) is 0 Å². The van der Waals surface area contributed by atoms with Crippen molar-refractivity contribution in [2.45, 2.75) is 13.3 Å². The van der Waals surface area contributed by atoms with E-state index >= 15 is 0 Å².